The summed E-state index contributed by atoms with van der Waals surface area (Å²) in [7, 11) is -3.72. The Morgan fingerprint density at radius 2 is 1.55 bits per heavy atom. The Kier molecular flexibility index (Phi) is 4.48. The Hall–Kier alpha value is -1.36. The molecule has 0 heterocycles. The van der Waals surface area contributed by atoms with Gasteiger partial charge in [-0.05, 0) is 30.3 Å². The molecule has 2 aromatic carbocycles. The molecule has 0 saturated carbocycles. The van der Waals surface area contributed by atoms with E-state index < -0.39 is 21.4 Å². The third-order valence-electron chi connectivity index (χ3n) is 2.62. The van der Waals surface area contributed by atoms with Crippen LogP contribution < -0.4 is 0 Å². The molecule has 6 heteroatoms. The van der Waals surface area contributed by atoms with Crippen LogP contribution >= 0.6 is 23.2 Å². The van der Waals surface area contributed by atoms with Gasteiger partial charge in [0.25, 0.3) is 0 Å². The fourth-order valence-electron chi connectivity index (χ4n) is 1.66. The first-order chi connectivity index (χ1) is 9.38. The number of ketones is 1. The van der Waals surface area contributed by atoms with Crippen molar-refractivity contribution < 1.29 is 13.2 Å². The van der Waals surface area contributed by atoms with Crippen LogP contribution in [0.1, 0.15) is 10.4 Å². The Morgan fingerprint density at radius 1 is 0.950 bits per heavy atom. The number of hydrogen-bond acceptors (Lipinski definition) is 3. The quantitative estimate of drug-likeness (QED) is 0.805. The third-order valence-corrected chi connectivity index (χ3v) is 4.71. The molecule has 2 aromatic rings. The molecule has 104 valence electrons. The lowest BCUT2D eigenvalue weighted by Crippen LogP contribution is -2.16. The van der Waals surface area contributed by atoms with Crippen molar-refractivity contribution in [3.8, 4) is 0 Å². The van der Waals surface area contributed by atoms with Gasteiger partial charge in [-0.1, -0.05) is 41.4 Å². The maximum atomic E-state index is 12.1. The van der Waals surface area contributed by atoms with Crippen molar-refractivity contribution in [1.29, 1.82) is 0 Å². The highest BCUT2D eigenvalue weighted by atomic mass is 35.5. The summed E-state index contributed by atoms with van der Waals surface area (Å²) in [6.07, 6.45) is 0. The molecular weight excluding hydrogens is 319 g/mol. The number of halogens is 2. The van der Waals surface area contributed by atoms with Crippen LogP contribution in [0, 0.1) is 0 Å². The topological polar surface area (TPSA) is 51.2 Å². The smallest absolute Gasteiger partial charge is 0.185 e. The van der Waals surface area contributed by atoms with Crippen LogP contribution in [0.2, 0.25) is 10.0 Å². The van der Waals surface area contributed by atoms with E-state index in [2.05, 4.69) is 0 Å². The summed E-state index contributed by atoms with van der Waals surface area (Å²) in [5.41, 5.74) is 0.267. The first-order valence-corrected chi connectivity index (χ1v) is 8.06. The number of carbonyl (C=O) groups excluding carboxylic acids is 1. The van der Waals surface area contributed by atoms with Crippen molar-refractivity contribution in [3.05, 3.63) is 64.1 Å². The van der Waals surface area contributed by atoms with Crippen molar-refractivity contribution >= 4 is 38.8 Å². The van der Waals surface area contributed by atoms with Gasteiger partial charge < -0.3 is 0 Å². The van der Waals surface area contributed by atoms with Crippen LogP contribution in [0.25, 0.3) is 0 Å². The van der Waals surface area contributed by atoms with Crippen molar-refractivity contribution in [2.75, 3.05) is 5.75 Å². The molecule has 0 fully saturated rings. The second kappa shape index (κ2) is 5.95. The lowest BCUT2D eigenvalue weighted by molar-refractivity contribution is 0.102. The van der Waals surface area contributed by atoms with E-state index in [0.717, 1.165) is 0 Å². The minimum atomic E-state index is -3.72. The monoisotopic (exact) mass is 328 g/mol. The average Bonchev–Trinajstić information content (AvgIpc) is 2.38. The van der Waals surface area contributed by atoms with Crippen molar-refractivity contribution in [1.82, 2.24) is 0 Å². The van der Waals surface area contributed by atoms with Crippen molar-refractivity contribution in [3.63, 3.8) is 0 Å². The highest BCUT2D eigenvalue weighted by Crippen LogP contribution is 2.18. The predicted molar refractivity (Wildman–Crippen MR) is 79.3 cm³/mol. The SMILES string of the molecule is O=C(CS(=O)(=O)c1cccc(Cl)c1)c1cccc(Cl)c1. The zero-order valence-electron chi connectivity index (χ0n) is 10.2. The maximum absolute atomic E-state index is 12.1. The zero-order chi connectivity index (χ0) is 14.8. The molecule has 0 aromatic heterocycles. The summed E-state index contributed by atoms with van der Waals surface area (Å²) in [4.78, 5) is 12.0. The van der Waals surface area contributed by atoms with Crippen LogP contribution in [0.15, 0.2) is 53.4 Å². The van der Waals surface area contributed by atoms with E-state index in [0.29, 0.717) is 10.0 Å². The maximum Gasteiger partial charge on any atom is 0.185 e. The van der Waals surface area contributed by atoms with E-state index in [1.54, 1.807) is 18.2 Å². The van der Waals surface area contributed by atoms with Crippen LogP contribution in [0.4, 0.5) is 0 Å². The standard InChI is InChI=1S/C14H10Cl2O3S/c15-11-4-1-3-10(7-11)14(17)9-20(18,19)13-6-2-5-12(16)8-13/h1-8H,9H2. The lowest BCUT2D eigenvalue weighted by atomic mass is 10.1. The number of carbonyl (C=O) groups is 1. The molecular formula is C14H10Cl2O3S. The fraction of sp³-hybridized carbons (Fsp3) is 0.0714. The largest absolute Gasteiger partial charge is 0.293 e. The van der Waals surface area contributed by atoms with Gasteiger partial charge in [0.2, 0.25) is 0 Å². The first-order valence-electron chi connectivity index (χ1n) is 5.65. The van der Waals surface area contributed by atoms with Crippen LogP contribution in [0.5, 0.6) is 0 Å². The molecule has 2 rings (SSSR count). The molecule has 0 aliphatic heterocycles. The van der Waals surface area contributed by atoms with E-state index in [1.165, 1.54) is 30.3 Å². The molecule has 0 N–H and O–H groups in total. The van der Waals surface area contributed by atoms with Crippen LogP contribution in [-0.2, 0) is 9.84 Å². The molecule has 0 atom stereocenters. The van der Waals surface area contributed by atoms with Gasteiger partial charge in [0, 0.05) is 15.6 Å². The predicted octanol–water partition coefficient (Wildman–Crippen LogP) is 3.65. The zero-order valence-corrected chi connectivity index (χ0v) is 12.5. The van der Waals surface area contributed by atoms with Gasteiger partial charge in [-0.15, -0.1) is 0 Å². The molecule has 3 nitrogen and oxygen atoms in total. The van der Waals surface area contributed by atoms with Crippen LogP contribution in [-0.4, -0.2) is 20.0 Å². The third kappa shape index (κ3) is 3.60. The number of Topliss-reactive ketones (excluding diaryl/α,β-unsaturated/α-hetero) is 1. The molecule has 0 spiro atoms. The molecule has 0 aliphatic carbocycles. The summed E-state index contributed by atoms with van der Waals surface area (Å²) in [6, 6.07) is 12.0. The molecule has 0 bridgehead atoms. The number of rotatable bonds is 4. The van der Waals surface area contributed by atoms with Gasteiger partial charge >= 0.3 is 0 Å². The van der Waals surface area contributed by atoms with E-state index in [-0.39, 0.29) is 10.5 Å². The highest BCUT2D eigenvalue weighted by Gasteiger charge is 2.20. The summed E-state index contributed by atoms with van der Waals surface area (Å²) < 4.78 is 24.3. The average molecular weight is 329 g/mol. The summed E-state index contributed by atoms with van der Waals surface area (Å²) in [5, 5.41) is 0.692. The molecule has 0 amide bonds. The van der Waals surface area contributed by atoms with Gasteiger partial charge in [-0.2, -0.15) is 0 Å². The minimum Gasteiger partial charge on any atom is -0.293 e. The minimum absolute atomic E-state index is 0.0281. The number of hydrogen-bond donors (Lipinski definition) is 0. The van der Waals surface area contributed by atoms with Gasteiger partial charge in [0.15, 0.2) is 15.6 Å². The van der Waals surface area contributed by atoms with Crippen LogP contribution in [0.3, 0.4) is 0 Å². The second-order valence-electron chi connectivity index (χ2n) is 4.15. The molecule has 0 saturated heterocycles. The van der Waals surface area contributed by atoms with E-state index >= 15 is 0 Å². The fourth-order valence-corrected chi connectivity index (χ4v) is 3.38. The van der Waals surface area contributed by atoms with Gasteiger partial charge in [-0.25, -0.2) is 8.42 Å². The van der Waals surface area contributed by atoms with Gasteiger partial charge in [0.1, 0.15) is 5.75 Å². The van der Waals surface area contributed by atoms with Gasteiger partial charge in [-0.3, -0.25) is 4.79 Å². The van der Waals surface area contributed by atoms with E-state index in [4.69, 9.17) is 23.2 Å². The Morgan fingerprint density at radius 3 is 2.15 bits per heavy atom. The summed E-state index contributed by atoms with van der Waals surface area (Å²) in [6.45, 7) is 0. The molecule has 0 unspecified atom stereocenters. The van der Waals surface area contributed by atoms with E-state index in [9.17, 15) is 13.2 Å². The van der Waals surface area contributed by atoms with E-state index in [1.807, 2.05) is 0 Å². The van der Waals surface area contributed by atoms with Crippen molar-refractivity contribution in [2.45, 2.75) is 4.90 Å². The van der Waals surface area contributed by atoms with Gasteiger partial charge in [0.05, 0.1) is 4.90 Å². The first kappa shape index (κ1) is 15.0. The summed E-state index contributed by atoms with van der Waals surface area (Å²) in [5.74, 6) is -1.12. The second-order valence-corrected chi connectivity index (χ2v) is 7.01. The Bertz CT molecular complexity index is 755. The molecule has 0 radical (unpaired) electrons. The summed E-state index contributed by atoms with van der Waals surface area (Å²) >= 11 is 11.5. The molecule has 0 aliphatic rings. The Balaban J connectivity index is 2.27. The normalized spacial score (nSPS) is 11.3. The number of benzene rings is 2. The van der Waals surface area contributed by atoms with Crippen molar-refractivity contribution in [2.24, 2.45) is 0 Å². The lowest BCUT2D eigenvalue weighted by Gasteiger charge is -2.05. The number of sulfone groups is 1. The molecule has 20 heavy (non-hydrogen) atoms. The Labute approximate surface area is 127 Å². The highest BCUT2D eigenvalue weighted by molar-refractivity contribution is 7.92.